The van der Waals surface area contributed by atoms with Crippen LogP contribution in [0.1, 0.15) is 47.2 Å². The number of halogens is 2. The highest BCUT2D eigenvalue weighted by Crippen LogP contribution is 2.25. The summed E-state index contributed by atoms with van der Waals surface area (Å²) in [5, 5.41) is 2.78. The van der Waals surface area contributed by atoms with Gasteiger partial charge in [0.2, 0.25) is 11.7 Å². The van der Waals surface area contributed by atoms with Crippen LogP contribution in [-0.2, 0) is 14.3 Å². The molecule has 0 saturated heterocycles. The molecule has 0 fully saturated rings. The normalized spacial score (nSPS) is 11.5. The van der Waals surface area contributed by atoms with Gasteiger partial charge in [0.25, 0.3) is 0 Å². The van der Waals surface area contributed by atoms with Crippen LogP contribution in [-0.4, -0.2) is 29.6 Å². The number of carbonyl (C=O) groups excluding carboxylic acids is 3. The van der Waals surface area contributed by atoms with E-state index in [1.165, 1.54) is 17.7 Å². The number of hydrogen-bond donors (Lipinski definition) is 1. The van der Waals surface area contributed by atoms with Gasteiger partial charge in [-0.15, -0.1) is 11.6 Å². The smallest absolute Gasteiger partial charge is 0.306 e. The van der Waals surface area contributed by atoms with Crippen molar-refractivity contribution in [3.8, 4) is 11.5 Å². The molecule has 1 N–H and O–H groups in total. The molecule has 1 unspecified atom stereocenters. The second kappa shape index (κ2) is 13.6. The quantitative estimate of drug-likeness (QED) is 0.160. The number of hydrogen-bond acceptors (Lipinski definition) is 5. The standard InChI is InChI=1S/C29H29ClFNO5/c1-19-6-13-25(18-20(19)2)36-24-14-11-23(12-15-24)32-27(33)4-3-5-28(34)37-26(16-17-30)29(35)21-7-9-22(31)10-8-21/h6-15,18,26H,3-5,16-17H2,1-2H3,(H,32,33). The average Bonchev–Trinajstić information content (AvgIpc) is 2.87. The van der Waals surface area contributed by atoms with Gasteiger partial charge in [-0.25, -0.2) is 4.39 Å². The van der Waals surface area contributed by atoms with Crippen LogP contribution in [0.2, 0.25) is 0 Å². The first-order valence-corrected chi connectivity index (χ1v) is 12.5. The average molecular weight is 526 g/mol. The maximum absolute atomic E-state index is 13.1. The Kier molecular flexibility index (Phi) is 10.2. The number of benzene rings is 3. The largest absolute Gasteiger partial charge is 0.457 e. The van der Waals surface area contributed by atoms with Crippen LogP contribution in [0.3, 0.4) is 0 Å². The summed E-state index contributed by atoms with van der Waals surface area (Å²) in [6.45, 7) is 4.06. The molecule has 0 bridgehead atoms. The van der Waals surface area contributed by atoms with Gasteiger partial charge in [-0.1, -0.05) is 6.07 Å². The molecule has 0 spiro atoms. The van der Waals surface area contributed by atoms with Gasteiger partial charge < -0.3 is 14.8 Å². The molecule has 0 heterocycles. The second-order valence-corrected chi connectivity index (χ2v) is 8.98. The summed E-state index contributed by atoms with van der Waals surface area (Å²) in [5.74, 6) is -0.285. The molecule has 8 heteroatoms. The number of amides is 1. The van der Waals surface area contributed by atoms with E-state index in [2.05, 4.69) is 5.32 Å². The van der Waals surface area contributed by atoms with Crippen LogP contribution in [0.25, 0.3) is 0 Å². The van der Waals surface area contributed by atoms with E-state index in [9.17, 15) is 18.8 Å². The van der Waals surface area contributed by atoms with E-state index >= 15 is 0 Å². The summed E-state index contributed by atoms with van der Waals surface area (Å²) in [7, 11) is 0. The first-order valence-electron chi connectivity index (χ1n) is 12.0. The zero-order valence-corrected chi connectivity index (χ0v) is 21.5. The Labute approximate surface area is 220 Å². The number of rotatable bonds is 12. The maximum Gasteiger partial charge on any atom is 0.306 e. The second-order valence-electron chi connectivity index (χ2n) is 8.60. The molecule has 1 amide bonds. The van der Waals surface area contributed by atoms with Crippen molar-refractivity contribution in [2.75, 3.05) is 11.2 Å². The molecule has 3 aromatic carbocycles. The number of aryl methyl sites for hydroxylation is 2. The third-order valence-corrected chi connectivity index (χ3v) is 5.92. The zero-order chi connectivity index (χ0) is 26.8. The minimum Gasteiger partial charge on any atom is -0.457 e. The molecule has 0 aliphatic heterocycles. The first kappa shape index (κ1) is 27.9. The summed E-state index contributed by atoms with van der Waals surface area (Å²) in [6.07, 6.45) is -0.619. The fourth-order valence-corrected chi connectivity index (χ4v) is 3.70. The minimum atomic E-state index is -1.06. The fourth-order valence-electron chi connectivity index (χ4n) is 3.50. The molecular weight excluding hydrogens is 497 g/mol. The predicted molar refractivity (Wildman–Crippen MR) is 141 cm³/mol. The number of ether oxygens (including phenoxy) is 2. The molecule has 194 valence electrons. The van der Waals surface area contributed by atoms with Gasteiger partial charge in [0.05, 0.1) is 0 Å². The topological polar surface area (TPSA) is 81.7 Å². The first-order chi connectivity index (χ1) is 17.7. The van der Waals surface area contributed by atoms with Crippen LogP contribution in [0, 0.1) is 19.7 Å². The molecular formula is C29H29ClFNO5. The fraction of sp³-hybridized carbons (Fsp3) is 0.276. The molecule has 3 aromatic rings. The lowest BCUT2D eigenvalue weighted by Crippen LogP contribution is -2.28. The van der Waals surface area contributed by atoms with E-state index in [4.69, 9.17) is 21.1 Å². The van der Waals surface area contributed by atoms with E-state index in [1.807, 2.05) is 32.0 Å². The van der Waals surface area contributed by atoms with Crippen molar-refractivity contribution in [3.63, 3.8) is 0 Å². The van der Waals surface area contributed by atoms with Gasteiger partial charge in [-0.3, -0.25) is 14.4 Å². The lowest BCUT2D eigenvalue weighted by atomic mass is 10.0. The van der Waals surface area contributed by atoms with Gasteiger partial charge in [-0.05, 0) is 92.1 Å². The number of alkyl halides is 1. The Balaban J connectivity index is 1.43. The predicted octanol–water partition coefficient (Wildman–Crippen LogP) is 6.77. The van der Waals surface area contributed by atoms with Crippen LogP contribution >= 0.6 is 11.6 Å². The lowest BCUT2D eigenvalue weighted by molar-refractivity contribution is -0.147. The molecule has 3 rings (SSSR count). The third-order valence-electron chi connectivity index (χ3n) is 5.70. The van der Waals surface area contributed by atoms with Crippen molar-refractivity contribution in [1.29, 1.82) is 0 Å². The lowest BCUT2D eigenvalue weighted by Gasteiger charge is -2.16. The van der Waals surface area contributed by atoms with Gasteiger partial charge in [0.1, 0.15) is 17.3 Å². The molecule has 1 atom stereocenters. The Morgan fingerprint density at radius 2 is 1.57 bits per heavy atom. The number of carbonyl (C=O) groups is 3. The number of nitrogens with one attached hydrogen (secondary N) is 1. The number of esters is 1. The highest BCUT2D eigenvalue weighted by molar-refractivity contribution is 6.18. The van der Waals surface area contributed by atoms with Gasteiger partial charge >= 0.3 is 5.97 Å². The molecule has 0 aromatic heterocycles. The van der Waals surface area contributed by atoms with Crippen molar-refractivity contribution >= 4 is 34.9 Å². The highest BCUT2D eigenvalue weighted by Gasteiger charge is 2.24. The summed E-state index contributed by atoms with van der Waals surface area (Å²) in [4.78, 5) is 37.1. The SMILES string of the molecule is Cc1ccc(Oc2ccc(NC(=O)CCCC(=O)OC(CCCl)C(=O)c3ccc(F)cc3)cc2)cc1C. The summed E-state index contributed by atoms with van der Waals surface area (Å²) in [6, 6.07) is 17.9. The molecule has 6 nitrogen and oxygen atoms in total. The van der Waals surface area contributed by atoms with E-state index in [-0.39, 0.29) is 43.0 Å². The van der Waals surface area contributed by atoms with Crippen LogP contribution in [0.5, 0.6) is 11.5 Å². The van der Waals surface area contributed by atoms with Gasteiger partial charge in [0.15, 0.2) is 6.10 Å². The number of ketones is 1. The van der Waals surface area contributed by atoms with Crippen LogP contribution < -0.4 is 10.1 Å². The number of Topliss-reactive ketones (excluding diaryl/α,β-unsaturated/α-hetero) is 1. The summed E-state index contributed by atoms with van der Waals surface area (Å²) < 4.78 is 24.3. The highest BCUT2D eigenvalue weighted by atomic mass is 35.5. The Morgan fingerprint density at radius 1 is 0.892 bits per heavy atom. The van der Waals surface area contributed by atoms with Gasteiger partial charge in [0, 0.05) is 36.4 Å². The summed E-state index contributed by atoms with van der Waals surface area (Å²) in [5.41, 5.74) is 3.16. The van der Waals surface area contributed by atoms with Crippen molar-refractivity contribution < 1.29 is 28.2 Å². The maximum atomic E-state index is 13.1. The van der Waals surface area contributed by atoms with E-state index < -0.39 is 23.7 Å². The monoisotopic (exact) mass is 525 g/mol. The Morgan fingerprint density at radius 3 is 2.22 bits per heavy atom. The van der Waals surface area contributed by atoms with E-state index in [0.717, 1.165) is 23.4 Å². The van der Waals surface area contributed by atoms with E-state index in [0.29, 0.717) is 11.4 Å². The third kappa shape index (κ3) is 8.72. The minimum absolute atomic E-state index is 0.0361. The van der Waals surface area contributed by atoms with Crippen molar-refractivity contribution in [1.82, 2.24) is 0 Å². The van der Waals surface area contributed by atoms with Crippen molar-refractivity contribution in [2.24, 2.45) is 0 Å². The van der Waals surface area contributed by atoms with E-state index in [1.54, 1.807) is 24.3 Å². The Bertz CT molecular complexity index is 1230. The number of anilines is 1. The van der Waals surface area contributed by atoms with Crippen molar-refractivity contribution in [3.05, 3.63) is 89.2 Å². The van der Waals surface area contributed by atoms with Crippen molar-refractivity contribution in [2.45, 2.75) is 45.6 Å². The van der Waals surface area contributed by atoms with Gasteiger partial charge in [-0.2, -0.15) is 0 Å². The van der Waals surface area contributed by atoms with Crippen LogP contribution in [0.15, 0.2) is 66.7 Å². The molecule has 0 aliphatic carbocycles. The summed E-state index contributed by atoms with van der Waals surface area (Å²) >= 11 is 5.76. The molecule has 0 saturated carbocycles. The Hall–Kier alpha value is -3.71. The van der Waals surface area contributed by atoms with Crippen LogP contribution in [0.4, 0.5) is 10.1 Å². The zero-order valence-electron chi connectivity index (χ0n) is 20.8. The molecule has 0 aliphatic rings. The molecule has 0 radical (unpaired) electrons. The molecule has 37 heavy (non-hydrogen) atoms.